The third-order valence-electron chi connectivity index (χ3n) is 6.72. The molecule has 1 aliphatic rings. The molecular formula is C25H29N5O4S. The lowest BCUT2D eigenvalue weighted by Crippen LogP contribution is -2.43. The Morgan fingerprint density at radius 1 is 1.20 bits per heavy atom. The summed E-state index contributed by atoms with van der Waals surface area (Å²) in [6.45, 7) is 7.03. The zero-order valence-corrected chi connectivity index (χ0v) is 21.0. The first-order valence-corrected chi connectivity index (χ1v) is 12.7. The predicted octanol–water partition coefficient (Wildman–Crippen LogP) is 3.48. The van der Waals surface area contributed by atoms with Gasteiger partial charge in [0, 0.05) is 29.4 Å². The normalized spacial score (nSPS) is 17.3. The van der Waals surface area contributed by atoms with Gasteiger partial charge < -0.3 is 15.4 Å². The van der Waals surface area contributed by atoms with Gasteiger partial charge in [0.25, 0.3) is 15.9 Å². The van der Waals surface area contributed by atoms with Gasteiger partial charge in [-0.05, 0) is 50.5 Å². The molecular weight excluding hydrogens is 466 g/mol. The van der Waals surface area contributed by atoms with Crippen LogP contribution in [0.5, 0.6) is 5.75 Å². The molecule has 0 radical (unpaired) electrons. The molecule has 0 saturated carbocycles. The summed E-state index contributed by atoms with van der Waals surface area (Å²) in [6, 6.07) is 13.2. The van der Waals surface area contributed by atoms with Crippen molar-refractivity contribution in [1.82, 2.24) is 14.7 Å². The topological polar surface area (TPSA) is 128 Å². The Labute approximate surface area is 205 Å². The molecule has 0 spiro atoms. The highest BCUT2D eigenvalue weighted by molar-refractivity contribution is 7.90. The number of carbonyl (C=O) groups is 1. The van der Waals surface area contributed by atoms with E-state index in [1.165, 1.54) is 18.2 Å². The van der Waals surface area contributed by atoms with Gasteiger partial charge in [-0.3, -0.25) is 4.79 Å². The molecule has 0 bridgehead atoms. The first-order valence-electron chi connectivity index (χ1n) is 11.3. The van der Waals surface area contributed by atoms with E-state index < -0.39 is 15.9 Å². The smallest absolute Gasteiger partial charge is 0.281 e. The van der Waals surface area contributed by atoms with Crippen LogP contribution < -0.4 is 20.1 Å². The minimum Gasteiger partial charge on any atom is -0.496 e. The van der Waals surface area contributed by atoms with Crippen molar-refractivity contribution >= 4 is 27.6 Å². The van der Waals surface area contributed by atoms with Gasteiger partial charge in [-0.1, -0.05) is 31.2 Å². The molecule has 10 heteroatoms. The summed E-state index contributed by atoms with van der Waals surface area (Å²) >= 11 is 0. The zero-order valence-electron chi connectivity index (χ0n) is 20.1. The molecule has 35 heavy (non-hydrogen) atoms. The second-order valence-corrected chi connectivity index (χ2v) is 10.8. The molecule has 1 saturated heterocycles. The van der Waals surface area contributed by atoms with Gasteiger partial charge in [0.05, 0.1) is 12.7 Å². The highest BCUT2D eigenvalue weighted by Crippen LogP contribution is 2.40. The highest BCUT2D eigenvalue weighted by Gasteiger charge is 2.41. The van der Waals surface area contributed by atoms with E-state index in [0.717, 1.165) is 12.0 Å². The maximum Gasteiger partial charge on any atom is 0.281 e. The number of ether oxygens (including phenoxy) is 1. The molecule has 184 valence electrons. The number of sulfonamides is 1. The summed E-state index contributed by atoms with van der Waals surface area (Å²) in [5, 5.41) is -0.337. The van der Waals surface area contributed by atoms with E-state index in [-0.39, 0.29) is 21.9 Å². The third-order valence-corrected chi connectivity index (χ3v) is 7.95. The van der Waals surface area contributed by atoms with Crippen LogP contribution in [0.25, 0.3) is 11.1 Å². The molecule has 3 N–H and O–H groups in total. The number of carbonyl (C=O) groups excluding carboxylic acids is 1. The van der Waals surface area contributed by atoms with E-state index in [2.05, 4.69) is 40.4 Å². The van der Waals surface area contributed by atoms with Crippen LogP contribution in [0.15, 0.2) is 59.8 Å². The summed E-state index contributed by atoms with van der Waals surface area (Å²) in [7, 11) is -2.70. The molecule has 1 fully saturated rings. The van der Waals surface area contributed by atoms with Crippen LogP contribution in [0.1, 0.15) is 37.6 Å². The molecule has 0 aliphatic carbocycles. The van der Waals surface area contributed by atoms with Crippen molar-refractivity contribution in [3.8, 4) is 16.9 Å². The fourth-order valence-corrected chi connectivity index (χ4v) is 5.23. The lowest BCUT2D eigenvalue weighted by Gasteiger charge is -2.36. The molecule has 9 nitrogen and oxygen atoms in total. The average Bonchev–Trinajstić information content (AvgIpc) is 3.10. The Kier molecular flexibility index (Phi) is 6.42. The maximum atomic E-state index is 13.5. The number of nitrogen functional groups attached to an aromatic ring is 1. The second kappa shape index (κ2) is 9.18. The lowest BCUT2D eigenvalue weighted by atomic mass is 9.90. The van der Waals surface area contributed by atoms with Crippen LogP contribution in [0.4, 0.5) is 11.6 Å². The molecule has 1 amide bonds. The molecule has 3 aromatic rings. The van der Waals surface area contributed by atoms with Gasteiger partial charge in [0.1, 0.15) is 17.4 Å². The Morgan fingerprint density at radius 2 is 1.94 bits per heavy atom. The number of nitrogens with two attached hydrogens (primary N) is 1. The second-order valence-electron chi connectivity index (χ2n) is 9.13. The van der Waals surface area contributed by atoms with Crippen molar-refractivity contribution in [2.24, 2.45) is 5.92 Å². The fourth-order valence-electron chi connectivity index (χ4n) is 4.29. The minimum absolute atomic E-state index is 0.0358. The lowest BCUT2D eigenvalue weighted by molar-refractivity contribution is 0.0981. The average molecular weight is 496 g/mol. The summed E-state index contributed by atoms with van der Waals surface area (Å²) in [4.78, 5) is 24.0. The molecule has 4 rings (SSSR count). The number of anilines is 2. The van der Waals surface area contributed by atoms with Gasteiger partial charge in [-0.25, -0.2) is 14.7 Å². The summed E-state index contributed by atoms with van der Waals surface area (Å²) in [5.41, 5.74) is 6.87. The number of rotatable bonds is 6. The molecule has 1 aromatic carbocycles. The van der Waals surface area contributed by atoms with Crippen LogP contribution in [0.2, 0.25) is 0 Å². The maximum absolute atomic E-state index is 13.5. The number of amides is 1. The Balaban J connectivity index is 1.81. The summed E-state index contributed by atoms with van der Waals surface area (Å²) in [6.07, 6.45) is 2.60. The van der Waals surface area contributed by atoms with Gasteiger partial charge in [-0.2, -0.15) is 8.42 Å². The van der Waals surface area contributed by atoms with Crippen LogP contribution in [0, 0.1) is 5.92 Å². The van der Waals surface area contributed by atoms with Crippen molar-refractivity contribution in [1.29, 1.82) is 0 Å². The molecule has 1 aliphatic heterocycles. The van der Waals surface area contributed by atoms with Crippen molar-refractivity contribution in [2.45, 2.75) is 37.8 Å². The van der Waals surface area contributed by atoms with E-state index in [4.69, 9.17) is 10.5 Å². The Hall–Kier alpha value is -3.66. The quantitative estimate of drug-likeness (QED) is 0.532. The number of hydrogen-bond donors (Lipinski definition) is 2. The number of hydrogen-bond acceptors (Lipinski definition) is 8. The number of benzene rings is 1. The molecule has 1 unspecified atom stereocenters. The van der Waals surface area contributed by atoms with Crippen molar-refractivity contribution in [2.75, 3.05) is 24.3 Å². The SMILES string of the molecule is COc1ccccc1-c1cnc(N2CCC(C)C2(C)C)c(C(=O)NS(=O)(=O)c2cccc(N)n2)c1. The van der Waals surface area contributed by atoms with Crippen LogP contribution in [-0.2, 0) is 10.0 Å². The molecule has 2 aromatic heterocycles. The van der Waals surface area contributed by atoms with Crippen LogP contribution in [-0.4, -0.2) is 43.5 Å². The number of aromatic nitrogens is 2. The standard InChI is InChI=1S/C25H29N5O4S/c1-16-12-13-30(25(16,2)3)23-19(14-17(15-27-23)18-8-5-6-9-20(18)34-4)24(31)29-35(32,33)22-11-7-10-21(26)28-22/h5-11,14-16H,12-13H2,1-4H3,(H2,26,28)(H,29,31). The van der Waals surface area contributed by atoms with Crippen molar-refractivity contribution < 1.29 is 17.9 Å². The number of para-hydroxylation sites is 1. The molecule has 1 atom stereocenters. The van der Waals surface area contributed by atoms with Crippen molar-refractivity contribution in [3.05, 3.63) is 60.3 Å². The van der Waals surface area contributed by atoms with E-state index in [9.17, 15) is 13.2 Å². The van der Waals surface area contributed by atoms with Gasteiger partial charge >= 0.3 is 0 Å². The summed E-state index contributed by atoms with van der Waals surface area (Å²) < 4.78 is 33.5. The number of nitrogens with one attached hydrogen (secondary N) is 1. The number of pyridine rings is 2. The van der Waals surface area contributed by atoms with Gasteiger partial charge in [-0.15, -0.1) is 0 Å². The van der Waals surface area contributed by atoms with E-state index in [0.29, 0.717) is 29.6 Å². The van der Waals surface area contributed by atoms with E-state index in [1.807, 2.05) is 24.3 Å². The summed E-state index contributed by atoms with van der Waals surface area (Å²) in [5.74, 6) is 0.623. The first kappa shape index (κ1) is 24.5. The number of methoxy groups -OCH3 is 1. The van der Waals surface area contributed by atoms with Crippen molar-refractivity contribution in [3.63, 3.8) is 0 Å². The zero-order chi connectivity index (χ0) is 25.4. The third kappa shape index (κ3) is 4.66. The van der Waals surface area contributed by atoms with Crippen LogP contribution >= 0.6 is 0 Å². The Morgan fingerprint density at radius 3 is 2.60 bits per heavy atom. The highest BCUT2D eigenvalue weighted by atomic mass is 32.2. The number of nitrogens with zero attached hydrogens (tertiary/aromatic N) is 3. The predicted molar refractivity (Wildman–Crippen MR) is 135 cm³/mol. The molecule has 3 heterocycles. The Bertz CT molecular complexity index is 1370. The van der Waals surface area contributed by atoms with Crippen LogP contribution in [0.3, 0.4) is 0 Å². The fraction of sp³-hybridized carbons (Fsp3) is 0.320. The van der Waals surface area contributed by atoms with Gasteiger partial charge in [0.15, 0.2) is 5.03 Å². The minimum atomic E-state index is -4.26. The monoisotopic (exact) mass is 495 g/mol. The van der Waals surface area contributed by atoms with E-state index >= 15 is 0 Å². The van der Waals surface area contributed by atoms with Gasteiger partial charge in [0.2, 0.25) is 0 Å². The van der Waals surface area contributed by atoms with E-state index in [1.54, 1.807) is 19.4 Å². The first-order chi connectivity index (χ1) is 16.5. The largest absolute Gasteiger partial charge is 0.496 e.